The van der Waals surface area contributed by atoms with Gasteiger partial charge in [-0.1, -0.05) is 0 Å². The van der Waals surface area contributed by atoms with Crippen molar-refractivity contribution in [1.82, 2.24) is 28.7 Å². The lowest BCUT2D eigenvalue weighted by molar-refractivity contribution is 0.481. The topological polar surface area (TPSA) is 288 Å². The van der Waals surface area contributed by atoms with Gasteiger partial charge in [0.1, 0.15) is 68.0 Å². The number of imidazole rings is 3. The molecule has 0 spiro atoms. The van der Waals surface area contributed by atoms with Crippen LogP contribution < -0.4 is 0 Å². The molecule has 3 aromatic heterocycles. The van der Waals surface area contributed by atoms with Gasteiger partial charge in [-0.25, -0.2) is 41.3 Å². The van der Waals surface area contributed by atoms with Gasteiger partial charge >= 0.3 is 0 Å². The lowest BCUT2D eigenvalue weighted by Crippen LogP contribution is -2.04. The number of hydrogen-bond acceptors (Lipinski definition) is 12. The van der Waals surface area contributed by atoms with E-state index in [1.165, 1.54) is 0 Å². The minimum Gasteiger partial charge on any atom is -0.290 e. The standard InChI is InChI=1S/C48H21F6N9O9S3/c49-31-13-22(19-55)14-32(50)37(31)46-58-40-43(61(46)25-1-7-28(8-2-25)73(64,65)66)41-45(63(27-5-11-30(12-6-27)75(70,71)72)47(59-41)38-33(51)15-23(20-56)16-34(38)52)42-44(40)62(26-3-9-29(10-4-26)74(67,68)69)48(60-42)39-35(53)17-24(21-57)18-36(39)54/h1-18H,(H,64,65,66)(H,67,68,69)(H,70,71,72). The molecular formula is C48H21F6N9O9S3. The SMILES string of the molecule is N#Cc1cc(F)c(-c2nc3c(c4nc(-c5c(F)cc(C#N)cc5F)n(-c5ccc(S(=O)(=O)O)cc5)c4c4nc(-c5c(F)cc(C#N)cc5F)n(-c5ccc(S(=O)(=O)O)cc5)c34)n2-c2ccc(S(=O)(=O)O)cc2)c(F)c1. The highest BCUT2D eigenvalue weighted by atomic mass is 32.2. The van der Waals surface area contributed by atoms with E-state index in [1.54, 1.807) is 18.2 Å². The number of fused-ring (bicyclic) bond motifs is 6. The molecule has 0 bridgehead atoms. The quantitative estimate of drug-likeness (QED) is 0.0898. The van der Waals surface area contributed by atoms with Crippen LogP contribution in [0.5, 0.6) is 0 Å². The molecule has 0 radical (unpaired) electrons. The van der Waals surface area contributed by atoms with Crippen molar-refractivity contribution in [1.29, 1.82) is 15.8 Å². The van der Waals surface area contributed by atoms with Crippen LogP contribution in [0.2, 0.25) is 0 Å². The highest BCUT2D eigenvalue weighted by Crippen LogP contribution is 2.46. The lowest BCUT2D eigenvalue weighted by Gasteiger charge is -2.14. The second kappa shape index (κ2) is 17.5. The highest BCUT2D eigenvalue weighted by molar-refractivity contribution is 7.86. The fourth-order valence-corrected chi connectivity index (χ4v) is 9.96. The van der Waals surface area contributed by atoms with Crippen LogP contribution in [0.1, 0.15) is 16.7 Å². The molecule has 3 N–H and O–H groups in total. The molecule has 10 rings (SSSR count). The third-order valence-corrected chi connectivity index (χ3v) is 14.3. The van der Waals surface area contributed by atoms with Crippen molar-refractivity contribution in [2.45, 2.75) is 14.7 Å². The van der Waals surface area contributed by atoms with Gasteiger partial charge in [0.05, 0.1) is 66.3 Å². The van der Waals surface area contributed by atoms with E-state index < -0.39 is 164 Å². The number of aromatic nitrogens is 6. The molecule has 0 aliphatic rings. The number of benzene rings is 7. The Morgan fingerprint density at radius 2 is 0.573 bits per heavy atom. The van der Waals surface area contributed by atoms with Crippen molar-refractivity contribution >= 4 is 63.5 Å². The molecule has 0 saturated carbocycles. The molecule has 0 aliphatic carbocycles. The first-order valence-corrected chi connectivity index (χ1v) is 25.1. The van der Waals surface area contributed by atoms with Crippen molar-refractivity contribution in [3.8, 4) is 69.4 Å². The molecule has 18 nitrogen and oxygen atoms in total. The molecule has 75 heavy (non-hydrogen) atoms. The molecule has 7 aromatic carbocycles. The molecule has 0 amide bonds. The van der Waals surface area contributed by atoms with Crippen molar-refractivity contribution in [3.63, 3.8) is 0 Å². The number of rotatable bonds is 9. The Kier molecular flexibility index (Phi) is 11.5. The summed E-state index contributed by atoms with van der Waals surface area (Å²) < 4.78 is 206. The molecule has 0 aliphatic heterocycles. The van der Waals surface area contributed by atoms with Crippen LogP contribution in [-0.2, 0) is 30.4 Å². The molecule has 3 heterocycles. The van der Waals surface area contributed by atoms with Gasteiger partial charge in [-0.15, -0.1) is 0 Å². The minimum absolute atomic E-state index is 0.263. The Balaban J connectivity index is 1.54. The Morgan fingerprint density at radius 3 is 0.747 bits per heavy atom. The lowest BCUT2D eigenvalue weighted by atomic mass is 10.1. The van der Waals surface area contributed by atoms with E-state index in [0.717, 1.165) is 86.5 Å². The maximum absolute atomic E-state index is 16.6. The predicted octanol–water partition coefficient (Wildman–Crippen LogP) is 8.89. The Labute approximate surface area is 416 Å². The van der Waals surface area contributed by atoms with Gasteiger partial charge in [-0.3, -0.25) is 27.4 Å². The second-order valence-electron chi connectivity index (χ2n) is 16.1. The summed E-state index contributed by atoms with van der Waals surface area (Å²) in [6.45, 7) is 0. The summed E-state index contributed by atoms with van der Waals surface area (Å²) in [7, 11) is -14.8. The van der Waals surface area contributed by atoms with Gasteiger partial charge in [0.25, 0.3) is 30.4 Å². The first-order valence-electron chi connectivity index (χ1n) is 20.7. The minimum atomic E-state index is -4.93. The summed E-state index contributed by atoms with van der Waals surface area (Å²) in [6, 6.07) is 19.9. The number of nitrogens with zero attached hydrogens (tertiary/aromatic N) is 9. The summed E-state index contributed by atoms with van der Waals surface area (Å²) in [4.78, 5) is 11.9. The largest absolute Gasteiger partial charge is 0.294 e. The van der Waals surface area contributed by atoms with Gasteiger partial charge in [0, 0.05) is 17.1 Å². The summed E-state index contributed by atoms with van der Waals surface area (Å²) in [5, 5.41) is 28.8. The van der Waals surface area contributed by atoms with Crippen molar-refractivity contribution in [2.75, 3.05) is 0 Å². The van der Waals surface area contributed by atoms with E-state index in [2.05, 4.69) is 15.0 Å². The van der Waals surface area contributed by atoms with Crippen LogP contribution in [0.3, 0.4) is 0 Å². The van der Waals surface area contributed by atoms with Crippen LogP contribution in [0.4, 0.5) is 26.3 Å². The highest BCUT2D eigenvalue weighted by Gasteiger charge is 2.34. The van der Waals surface area contributed by atoms with Gasteiger partial charge in [0.2, 0.25) is 0 Å². The Bertz CT molecular complexity index is 4090. The average Bonchev–Trinajstić information content (AvgIpc) is 4.05. The van der Waals surface area contributed by atoms with Gasteiger partial charge in [-0.05, 0) is 109 Å². The van der Waals surface area contributed by atoms with Crippen molar-refractivity contribution in [3.05, 3.63) is 161 Å². The van der Waals surface area contributed by atoms with Crippen molar-refractivity contribution in [2.24, 2.45) is 0 Å². The summed E-state index contributed by atoms with van der Waals surface area (Å²) in [5.41, 5.74) is -8.24. The van der Waals surface area contributed by atoms with Crippen LogP contribution in [0.25, 0.3) is 84.3 Å². The average molecular weight is 1080 g/mol. The van der Waals surface area contributed by atoms with Crippen molar-refractivity contribution < 1.29 is 65.3 Å². The van der Waals surface area contributed by atoms with E-state index in [4.69, 9.17) is 0 Å². The first-order chi connectivity index (χ1) is 35.4. The number of hydrogen-bond donors (Lipinski definition) is 3. The summed E-state index contributed by atoms with van der Waals surface area (Å²) in [6.07, 6.45) is 0. The number of nitriles is 3. The molecule has 0 saturated heterocycles. The predicted molar refractivity (Wildman–Crippen MR) is 250 cm³/mol. The van der Waals surface area contributed by atoms with E-state index >= 15 is 26.3 Å². The molecule has 27 heteroatoms. The van der Waals surface area contributed by atoms with Crippen LogP contribution >= 0.6 is 0 Å². The maximum atomic E-state index is 16.6. The van der Waals surface area contributed by atoms with Gasteiger partial charge < -0.3 is 0 Å². The second-order valence-corrected chi connectivity index (χ2v) is 20.4. The fourth-order valence-electron chi connectivity index (χ4n) is 8.52. The number of halogens is 6. The van der Waals surface area contributed by atoms with E-state index in [-0.39, 0.29) is 17.1 Å². The van der Waals surface area contributed by atoms with Gasteiger partial charge in [-0.2, -0.15) is 41.0 Å². The fraction of sp³-hybridized carbons (Fsp3) is 0. The molecule has 0 fully saturated rings. The molecule has 0 unspecified atom stereocenters. The molecular weight excluding hydrogens is 1060 g/mol. The third-order valence-electron chi connectivity index (χ3n) is 11.7. The zero-order valence-corrected chi connectivity index (χ0v) is 39.2. The first kappa shape index (κ1) is 49.3. The molecule has 372 valence electrons. The van der Waals surface area contributed by atoms with E-state index in [1.807, 2.05) is 0 Å². The van der Waals surface area contributed by atoms with Crippen LogP contribution in [0, 0.1) is 68.9 Å². The zero-order chi connectivity index (χ0) is 53.8. The maximum Gasteiger partial charge on any atom is 0.294 e. The van der Waals surface area contributed by atoms with Crippen LogP contribution in [0.15, 0.2) is 124 Å². The van der Waals surface area contributed by atoms with Crippen LogP contribution in [-0.4, -0.2) is 67.6 Å². The monoisotopic (exact) mass is 1080 g/mol. The summed E-state index contributed by atoms with van der Waals surface area (Å²) in [5.74, 6) is -10.9. The zero-order valence-electron chi connectivity index (χ0n) is 36.7. The normalized spacial score (nSPS) is 12.1. The smallest absolute Gasteiger partial charge is 0.290 e. The van der Waals surface area contributed by atoms with Gasteiger partial charge in [0.15, 0.2) is 17.5 Å². The molecule has 10 aromatic rings. The van der Waals surface area contributed by atoms with E-state index in [9.17, 15) is 54.7 Å². The third kappa shape index (κ3) is 8.16. The Hall–Kier alpha value is -9.27. The molecule has 0 atom stereocenters. The van der Waals surface area contributed by atoms with E-state index in [0.29, 0.717) is 36.4 Å². The summed E-state index contributed by atoms with van der Waals surface area (Å²) >= 11 is 0. The Morgan fingerprint density at radius 1 is 0.373 bits per heavy atom.